The third kappa shape index (κ3) is 3.80. The molecule has 31 heavy (non-hydrogen) atoms. The minimum atomic E-state index is -0.315. The van der Waals surface area contributed by atoms with Crippen molar-refractivity contribution in [3.05, 3.63) is 84.0 Å². The SMILES string of the molecule is O=C(Cn1nnc2ccccc21)Nc1ccccc1-c1csc(-c2ccccc2F)n1. The molecule has 0 aliphatic carbocycles. The molecule has 3 aromatic carbocycles. The van der Waals surface area contributed by atoms with Gasteiger partial charge in [-0.05, 0) is 30.3 Å². The number of amides is 1. The van der Waals surface area contributed by atoms with Gasteiger partial charge in [0.15, 0.2) is 0 Å². The fourth-order valence-electron chi connectivity index (χ4n) is 3.33. The highest BCUT2D eigenvalue weighted by Crippen LogP contribution is 2.33. The second-order valence-corrected chi connectivity index (χ2v) is 7.71. The number of benzene rings is 3. The molecule has 0 aliphatic heterocycles. The lowest BCUT2D eigenvalue weighted by Gasteiger charge is -2.10. The van der Waals surface area contributed by atoms with Gasteiger partial charge in [-0.3, -0.25) is 4.79 Å². The van der Waals surface area contributed by atoms with Crippen molar-refractivity contribution in [1.29, 1.82) is 0 Å². The highest BCUT2D eigenvalue weighted by atomic mass is 32.1. The third-order valence-corrected chi connectivity index (χ3v) is 5.67. The molecule has 0 unspecified atom stereocenters. The van der Waals surface area contributed by atoms with Gasteiger partial charge in [0.05, 0.1) is 16.9 Å². The second kappa shape index (κ2) is 8.08. The van der Waals surface area contributed by atoms with Crippen LogP contribution in [0.1, 0.15) is 0 Å². The van der Waals surface area contributed by atoms with Gasteiger partial charge < -0.3 is 5.32 Å². The molecule has 5 rings (SSSR count). The van der Waals surface area contributed by atoms with Crippen LogP contribution in [0.3, 0.4) is 0 Å². The van der Waals surface area contributed by atoms with Gasteiger partial charge in [-0.2, -0.15) is 0 Å². The lowest BCUT2D eigenvalue weighted by Crippen LogP contribution is -2.20. The molecule has 0 saturated heterocycles. The number of aromatic nitrogens is 4. The van der Waals surface area contributed by atoms with Gasteiger partial charge in [-0.1, -0.05) is 47.7 Å². The van der Waals surface area contributed by atoms with E-state index in [0.717, 1.165) is 16.6 Å². The zero-order valence-corrected chi connectivity index (χ0v) is 17.0. The summed E-state index contributed by atoms with van der Waals surface area (Å²) in [6, 6.07) is 21.4. The predicted molar refractivity (Wildman–Crippen MR) is 119 cm³/mol. The molecule has 0 atom stereocenters. The Morgan fingerprint density at radius 3 is 2.58 bits per heavy atom. The average molecular weight is 429 g/mol. The van der Waals surface area contributed by atoms with Crippen molar-refractivity contribution in [3.8, 4) is 21.8 Å². The number of hydrogen-bond donors (Lipinski definition) is 1. The molecule has 6 nitrogen and oxygen atoms in total. The van der Waals surface area contributed by atoms with Crippen molar-refractivity contribution in [1.82, 2.24) is 20.0 Å². The van der Waals surface area contributed by atoms with Crippen molar-refractivity contribution < 1.29 is 9.18 Å². The summed E-state index contributed by atoms with van der Waals surface area (Å²) in [5.41, 5.74) is 4.04. The lowest BCUT2D eigenvalue weighted by atomic mass is 10.1. The van der Waals surface area contributed by atoms with Crippen LogP contribution in [0.5, 0.6) is 0 Å². The van der Waals surface area contributed by atoms with Gasteiger partial charge in [-0.25, -0.2) is 14.1 Å². The van der Waals surface area contributed by atoms with Crippen LogP contribution < -0.4 is 5.32 Å². The minimum absolute atomic E-state index is 0.0341. The summed E-state index contributed by atoms with van der Waals surface area (Å²) < 4.78 is 15.7. The van der Waals surface area contributed by atoms with Crippen LogP contribution in [0.2, 0.25) is 0 Å². The summed E-state index contributed by atoms with van der Waals surface area (Å²) in [5, 5.41) is 13.5. The van der Waals surface area contributed by atoms with Crippen molar-refractivity contribution >= 4 is 34.0 Å². The number of hydrogen-bond acceptors (Lipinski definition) is 5. The van der Waals surface area contributed by atoms with Gasteiger partial charge in [0.2, 0.25) is 5.91 Å². The number of anilines is 1. The van der Waals surface area contributed by atoms with Crippen molar-refractivity contribution in [2.75, 3.05) is 5.32 Å². The van der Waals surface area contributed by atoms with Crippen LogP contribution in [0.15, 0.2) is 78.2 Å². The first-order valence-electron chi connectivity index (χ1n) is 9.57. The van der Waals surface area contributed by atoms with Crippen molar-refractivity contribution in [2.24, 2.45) is 0 Å². The first-order valence-corrected chi connectivity index (χ1v) is 10.4. The highest BCUT2D eigenvalue weighted by Gasteiger charge is 2.15. The number of nitrogens with one attached hydrogen (secondary N) is 1. The minimum Gasteiger partial charge on any atom is -0.324 e. The summed E-state index contributed by atoms with van der Waals surface area (Å²) >= 11 is 1.36. The zero-order chi connectivity index (χ0) is 21.2. The second-order valence-electron chi connectivity index (χ2n) is 6.85. The van der Waals surface area contributed by atoms with Crippen LogP contribution in [0.4, 0.5) is 10.1 Å². The Labute approximate surface area is 181 Å². The van der Waals surface area contributed by atoms with E-state index in [-0.39, 0.29) is 18.3 Å². The molecular formula is C23H16FN5OS. The van der Waals surface area contributed by atoms with E-state index in [1.54, 1.807) is 22.9 Å². The van der Waals surface area contributed by atoms with Crippen molar-refractivity contribution in [3.63, 3.8) is 0 Å². The van der Waals surface area contributed by atoms with E-state index in [2.05, 4.69) is 20.6 Å². The van der Waals surface area contributed by atoms with Crippen LogP contribution in [0, 0.1) is 5.82 Å². The summed E-state index contributed by atoms with van der Waals surface area (Å²) in [5.74, 6) is -0.544. The molecule has 0 spiro atoms. The fourth-order valence-corrected chi connectivity index (χ4v) is 4.18. The zero-order valence-electron chi connectivity index (χ0n) is 16.2. The Bertz CT molecular complexity index is 1390. The number of carbonyl (C=O) groups is 1. The molecule has 5 aromatic rings. The molecule has 2 aromatic heterocycles. The maximum absolute atomic E-state index is 14.1. The quantitative estimate of drug-likeness (QED) is 0.427. The Hall–Kier alpha value is -3.91. The number of para-hydroxylation sites is 2. The van der Waals surface area contributed by atoms with E-state index in [1.807, 2.05) is 53.9 Å². The monoisotopic (exact) mass is 429 g/mol. The van der Waals surface area contributed by atoms with E-state index >= 15 is 0 Å². The number of carbonyl (C=O) groups excluding carboxylic acids is 1. The first kappa shape index (κ1) is 19.1. The standard InChI is InChI=1S/C23H16FN5OS/c24-17-9-3-1-7-15(17)23-26-20(14-31-23)16-8-2-4-10-18(16)25-22(30)13-29-21-12-6-5-11-19(21)27-28-29/h1-12,14H,13H2,(H,25,30). The summed E-state index contributed by atoms with van der Waals surface area (Å²) in [6.07, 6.45) is 0. The molecule has 1 amide bonds. The van der Waals surface area contributed by atoms with Gasteiger partial charge in [0, 0.05) is 16.5 Å². The summed E-state index contributed by atoms with van der Waals surface area (Å²) in [7, 11) is 0. The summed E-state index contributed by atoms with van der Waals surface area (Å²) in [4.78, 5) is 17.3. The van der Waals surface area contributed by atoms with Gasteiger partial charge in [0.1, 0.15) is 22.9 Å². The fraction of sp³-hybridized carbons (Fsp3) is 0.0435. The predicted octanol–water partition coefficient (Wildman–Crippen LogP) is 5.00. The highest BCUT2D eigenvalue weighted by molar-refractivity contribution is 7.13. The molecule has 8 heteroatoms. The Morgan fingerprint density at radius 2 is 1.71 bits per heavy atom. The molecule has 2 heterocycles. The van der Waals surface area contributed by atoms with Crippen molar-refractivity contribution in [2.45, 2.75) is 6.54 Å². The molecule has 0 bridgehead atoms. The largest absolute Gasteiger partial charge is 0.324 e. The van der Waals surface area contributed by atoms with Gasteiger partial charge >= 0.3 is 0 Å². The molecule has 1 N–H and O–H groups in total. The number of nitrogens with zero attached hydrogens (tertiary/aromatic N) is 4. The third-order valence-electron chi connectivity index (χ3n) is 4.80. The molecule has 0 fully saturated rings. The number of halogens is 1. The number of thiazole rings is 1. The molecular weight excluding hydrogens is 413 g/mol. The molecule has 0 saturated carbocycles. The Morgan fingerprint density at radius 1 is 0.968 bits per heavy atom. The average Bonchev–Trinajstić information content (AvgIpc) is 3.42. The Balaban J connectivity index is 1.40. The molecule has 0 aliphatic rings. The van der Waals surface area contributed by atoms with Crippen LogP contribution >= 0.6 is 11.3 Å². The van der Waals surface area contributed by atoms with E-state index in [1.165, 1.54) is 17.4 Å². The van der Waals surface area contributed by atoms with Crippen LogP contribution in [-0.2, 0) is 11.3 Å². The van der Waals surface area contributed by atoms with E-state index in [4.69, 9.17) is 0 Å². The maximum atomic E-state index is 14.1. The van der Waals surface area contributed by atoms with Crippen LogP contribution in [-0.4, -0.2) is 25.9 Å². The van der Waals surface area contributed by atoms with Gasteiger partial charge in [0.25, 0.3) is 0 Å². The van der Waals surface area contributed by atoms with E-state index < -0.39 is 0 Å². The molecule has 0 radical (unpaired) electrons. The topological polar surface area (TPSA) is 72.7 Å². The summed E-state index contributed by atoms with van der Waals surface area (Å²) in [6.45, 7) is 0.0341. The maximum Gasteiger partial charge on any atom is 0.246 e. The lowest BCUT2D eigenvalue weighted by molar-refractivity contribution is -0.116. The number of rotatable bonds is 5. The smallest absolute Gasteiger partial charge is 0.246 e. The van der Waals surface area contributed by atoms with E-state index in [9.17, 15) is 9.18 Å². The Kier molecular flexibility index (Phi) is 4.97. The van der Waals surface area contributed by atoms with Gasteiger partial charge in [-0.15, -0.1) is 16.4 Å². The van der Waals surface area contributed by atoms with Crippen LogP contribution in [0.25, 0.3) is 32.9 Å². The number of fused-ring (bicyclic) bond motifs is 1. The first-order chi connectivity index (χ1) is 15.2. The normalized spacial score (nSPS) is 11.0. The van der Waals surface area contributed by atoms with E-state index in [0.29, 0.717) is 22.0 Å². The molecule has 152 valence electrons.